The molecule has 3 aromatic carbocycles. The fourth-order valence-electron chi connectivity index (χ4n) is 6.55. The normalized spacial score (nSPS) is 23.0. The second kappa shape index (κ2) is 16.0. The first-order valence-electron chi connectivity index (χ1n) is 16.7. The summed E-state index contributed by atoms with van der Waals surface area (Å²) in [6.45, 7) is 4.11. The number of urea groups is 1. The minimum Gasteiger partial charge on any atom is -0.467 e. The van der Waals surface area contributed by atoms with Gasteiger partial charge in [-0.05, 0) is 22.3 Å². The van der Waals surface area contributed by atoms with Crippen molar-refractivity contribution in [2.45, 2.75) is 69.2 Å². The molecule has 3 N–H and O–H groups in total. The highest BCUT2D eigenvalue weighted by Gasteiger charge is 2.41. The van der Waals surface area contributed by atoms with Gasteiger partial charge in [0.15, 0.2) is 12.1 Å². The van der Waals surface area contributed by atoms with Crippen LogP contribution in [-0.2, 0) is 48.1 Å². The highest BCUT2D eigenvalue weighted by Crippen LogP contribution is 2.39. The number of amides is 2. The molecule has 1 spiro atoms. The van der Waals surface area contributed by atoms with Crippen LogP contribution in [0.5, 0.6) is 0 Å². The van der Waals surface area contributed by atoms with E-state index in [-0.39, 0.29) is 25.4 Å². The van der Waals surface area contributed by atoms with Gasteiger partial charge in [0, 0.05) is 57.4 Å². The highest BCUT2D eigenvalue weighted by molar-refractivity contribution is 5.83. The average Bonchev–Trinajstić information content (AvgIpc) is 3.59. The first-order chi connectivity index (χ1) is 23.4. The van der Waals surface area contributed by atoms with Crippen LogP contribution in [0, 0.1) is 0 Å². The number of ether oxygens (including phenoxy) is 5. The number of hydrogen-bond donors (Lipinski definition) is 3. The maximum absolute atomic E-state index is 12.7. The monoisotopic (exact) mass is 659 g/mol. The van der Waals surface area contributed by atoms with Crippen LogP contribution < -0.4 is 10.6 Å². The minimum atomic E-state index is -0.809. The summed E-state index contributed by atoms with van der Waals surface area (Å²) in [6, 6.07) is 23.9. The van der Waals surface area contributed by atoms with Crippen molar-refractivity contribution in [3.05, 3.63) is 107 Å². The molecule has 0 bridgehead atoms. The van der Waals surface area contributed by atoms with E-state index in [9.17, 15) is 14.7 Å². The van der Waals surface area contributed by atoms with Gasteiger partial charge in [-0.1, -0.05) is 78.9 Å². The Hall–Kier alpha value is -3.84. The van der Waals surface area contributed by atoms with E-state index in [1.807, 2.05) is 78.9 Å². The Bertz CT molecular complexity index is 1470. The van der Waals surface area contributed by atoms with Crippen LogP contribution in [0.2, 0.25) is 0 Å². The number of aliphatic hydroxyl groups is 1. The Kier molecular flexibility index (Phi) is 11.4. The number of carbonyl (C=O) groups is 2. The van der Waals surface area contributed by atoms with E-state index in [2.05, 4.69) is 15.5 Å². The van der Waals surface area contributed by atoms with E-state index in [1.54, 1.807) is 0 Å². The van der Waals surface area contributed by atoms with E-state index in [4.69, 9.17) is 23.7 Å². The molecule has 48 heavy (non-hydrogen) atoms. The van der Waals surface area contributed by atoms with Crippen molar-refractivity contribution in [3.8, 4) is 0 Å². The van der Waals surface area contributed by atoms with Crippen molar-refractivity contribution in [2.75, 3.05) is 40.0 Å². The van der Waals surface area contributed by atoms with E-state index in [0.29, 0.717) is 26.1 Å². The molecule has 3 aliphatic rings. The third kappa shape index (κ3) is 8.79. The molecule has 0 aliphatic carbocycles. The number of hydrogen-bond acceptors (Lipinski definition) is 9. The van der Waals surface area contributed by atoms with Gasteiger partial charge in [-0.3, -0.25) is 0 Å². The summed E-state index contributed by atoms with van der Waals surface area (Å²) >= 11 is 0. The fourth-order valence-corrected chi connectivity index (χ4v) is 6.55. The summed E-state index contributed by atoms with van der Waals surface area (Å²) in [5, 5.41) is 15.1. The SMILES string of the molecule is COC(=O)[C@H](Cc1ccccc1)NC(=O)NCc1ccc([C@@H]2O[C@H](CN3CCC4(CC3)OCCO4)C[C@H](c3ccc(CO)cc3)O2)cc1. The Balaban J connectivity index is 1.07. The summed E-state index contributed by atoms with van der Waals surface area (Å²) < 4.78 is 29.8. The van der Waals surface area contributed by atoms with Gasteiger partial charge in [0.1, 0.15) is 6.04 Å². The molecule has 11 nitrogen and oxygen atoms in total. The lowest BCUT2D eigenvalue weighted by atomic mass is 9.98. The number of likely N-dealkylation sites (tertiary alicyclic amines) is 1. The number of piperidine rings is 1. The molecule has 11 heteroatoms. The molecule has 0 saturated carbocycles. The van der Waals surface area contributed by atoms with Crippen LogP contribution in [0.4, 0.5) is 4.79 Å². The van der Waals surface area contributed by atoms with Gasteiger partial charge in [0.2, 0.25) is 0 Å². The molecule has 3 aliphatic heterocycles. The minimum absolute atomic E-state index is 0.00748. The van der Waals surface area contributed by atoms with Crippen molar-refractivity contribution >= 4 is 12.0 Å². The maximum atomic E-state index is 12.7. The molecular weight excluding hydrogens is 614 g/mol. The number of nitrogens with zero attached hydrogens (tertiary/aromatic N) is 1. The summed E-state index contributed by atoms with van der Waals surface area (Å²) in [5.41, 5.74) is 4.57. The smallest absolute Gasteiger partial charge is 0.328 e. The van der Waals surface area contributed by atoms with Gasteiger partial charge >= 0.3 is 12.0 Å². The largest absolute Gasteiger partial charge is 0.467 e. The van der Waals surface area contributed by atoms with Gasteiger partial charge in [-0.15, -0.1) is 0 Å². The highest BCUT2D eigenvalue weighted by atomic mass is 16.7. The van der Waals surface area contributed by atoms with Crippen molar-refractivity contribution in [2.24, 2.45) is 0 Å². The van der Waals surface area contributed by atoms with Gasteiger partial charge in [-0.25, -0.2) is 9.59 Å². The van der Waals surface area contributed by atoms with Crippen LogP contribution in [-0.4, -0.2) is 79.9 Å². The topological polar surface area (TPSA) is 128 Å². The summed E-state index contributed by atoms with van der Waals surface area (Å²) in [4.78, 5) is 27.5. The summed E-state index contributed by atoms with van der Waals surface area (Å²) in [5.74, 6) is -0.928. The van der Waals surface area contributed by atoms with Crippen molar-refractivity contribution in [1.82, 2.24) is 15.5 Å². The zero-order valence-electron chi connectivity index (χ0n) is 27.3. The van der Waals surface area contributed by atoms with Crippen molar-refractivity contribution < 1.29 is 38.4 Å². The second-order valence-electron chi connectivity index (χ2n) is 12.6. The quantitative estimate of drug-likeness (QED) is 0.260. The van der Waals surface area contributed by atoms with Crippen LogP contribution in [0.15, 0.2) is 78.9 Å². The summed E-state index contributed by atoms with van der Waals surface area (Å²) in [7, 11) is 1.31. The molecule has 3 heterocycles. The molecule has 2 amide bonds. The Morgan fingerprint density at radius 1 is 0.896 bits per heavy atom. The zero-order chi connectivity index (χ0) is 33.3. The van der Waals surface area contributed by atoms with E-state index < -0.39 is 30.1 Å². The Morgan fingerprint density at radius 2 is 1.56 bits per heavy atom. The van der Waals surface area contributed by atoms with Crippen LogP contribution in [0.1, 0.15) is 59.5 Å². The zero-order valence-corrected chi connectivity index (χ0v) is 27.3. The number of nitrogens with one attached hydrogen (secondary N) is 2. The van der Waals surface area contributed by atoms with Crippen LogP contribution in [0.3, 0.4) is 0 Å². The predicted molar refractivity (Wildman–Crippen MR) is 176 cm³/mol. The number of benzene rings is 3. The standard InChI is InChI=1S/C37H45N3O8/c1-44-34(42)32(21-26-5-3-2-4-6-26)39-36(43)38-23-27-7-13-30(14-8-27)35-47-31(22-33(48-35)29-11-9-28(25-41)10-12-29)24-40-17-15-37(16-18-40)45-19-20-46-37/h2-14,31-33,35,41H,15-25H2,1H3,(H2,38,39,43)/t31-,32-,33+,35+/m0/s1. The molecule has 256 valence electrons. The molecule has 3 aromatic rings. The molecule has 4 atom stereocenters. The van der Waals surface area contributed by atoms with Crippen LogP contribution >= 0.6 is 0 Å². The molecule has 0 radical (unpaired) electrons. The second-order valence-corrected chi connectivity index (χ2v) is 12.6. The maximum Gasteiger partial charge on any atom is 0.328 e. The third-order valence-corrected chi connectivity index (χ3v) is 9.29. The van der Waals surface area contributed by atoms with E-state index >= 15 is 0 Å². The van der Waals surface area contributed by atoms with Gasteiger partial charge in [0.05, 0.1) is 39.1 Å². The van der Waals surface area contributed by atoms with Gasteiger partial charge < -0.3 is 44.3 Å². The Morgan fingerprint density at radius 3 is 2.23 bits per heavy atom. The Labute approximate surface area is 281 Å². The average molecular weight is 660 g/mol. The van der Waals surface area contributed by atoms with Gasteiger partial charge in [-0.2, -0.15) is 0 Å². The molecule has 0 aromatic heterocycles. The number of methoxy groups -OCH3 is 1. The molecule has 3 saturated heterocycles. The molecule has 6 rings (SSSR count). The van der Waals surface area contributed by atoms with Crippen molar-refractivity contribution in [1.29, 1.82) is 0 Å². The third-order valence-electron chi connectivity index (χ3n) is 9.29. The predicted octanol–water partition coefficient (Wildman–Crippen LogP) is 4.15. The number of rotatable bonds is 11. The first-order valence-corrected chi connectivity index (χ1v) is 16.7. The lowest BCUT2D eigenvalue weighted by Gasteiger charge is -2.41. The van der Waals surface area contributed by atoms with Gasteiger partial charge in [0.25, 0.3) is 0 Å². The number of esters is 1. The van der Waals surface area contributed by atoms with Crippen LogP contribution in [0.25, 0.3) is 0 Å². The molecule has 0 unspecified atom stereocenters. The number of carbonyl (C=O) groups excluding carboxylic acids is 2. The lowest BCUT2D eigenvalue weighted by molar-refractivity contribution is -0.255. The molecular formula is C37H45N3O8. The fraction of sp³-hybridized carbons (Fsp3) is 0.459. The van der Waals surface area contributed by atoms with E-state index in [1.165, 1.54) is 7.11 Å². The lowest BCUT2D eigenvalue weighted by Crippen LogP contribution is -2.48. The van der Waals surface area contributed by atoms with Crippen molar-refractivity contribution in [3.63, 3.8) is 0 Å². The number of aliphatic hydroxyl groups excluding tert-OH is 1. The molecule has 3 fully saturated rings. The first kappa shape index (κ1) is 34.0. The van der Waals surface area contributed by atoms with E-state index in [0.717, 1.165) is 60.3 Å². The summed E-state index contributed by atoms with van der Waals surface area (Å²) in [6.07, 6.45) is 1.90.